The molecule has 9 heteroatoms. The highest BCUT2D eigenvalue weighted by Gasteiger charge is 2.28. The van der Waals surface area contributed by atoms with Gasteiger partial charge in [0.15, 0.2) is 5.58 Å². The lowest BCUT2D eigenvalue weighted by Crippen LogP contribution is -2.16. The lowest BCUT2D eigenvalue weighted by atomic mass is 10.0. The normalized spacial score (nSPS) is 12.4. The number of nitrogens with zero attached hydrogens (tertiary/aromatic N) is 1. The lowest BCUT2D eigenvalue weighted by Gasteiger charge is -2.10. The maximum Gasteiger partial charge on any atom is 0.389 e. The standard InChI is InChI=1S/C18H16F3NO4S/c1-12-17-15(7-3-8-16(17)25-22-12)13-5-2-6-14(11-13)26-27(23,24)10-4-9-18(19,20)21/h2-3,5-8,11H,4,9-10H2,1H3. The average Bonchev–Trinajstić information content (AvgIpc) is 2.95. The van der Waals surface area contributed by atoms with Crippen LogP contribution in [0.1, 0.15) is 18.5 Å². The molecule has 0 amide bonds. The molecule has 1 heterocycles. The summed E-state index contributed by atoms with van der Waals surface area (Å²) in [5.74, 6) is -0.678. The predicted molar refractivity (Wildman–Crippen MR) is 93.9 cm³/mol. The molecule has 3 rings (SSSR count). The highest BCUT2D eigenvalue weighted by molar-refractivity contribution is 7.87. The van der Waals surface area contributed by atoms with Crippen molar-refractivity contribution in [3.63, 3.8) is 0 Å². The van der Waals surface area contributed by atoms with E-state index >= 15 is 0 Å². The Morgan fingerprint density at radius 1 is 1.15 bits per heavy atom. The lowest BCUT2D eigenvalue weighted by molar-refractivity contribution is -0.134. The van der Waals surface area contributed by atoms with E-state index in [1.54, 1.807) is 31.2 Å². The van der Waals surface area contributed by atoms with Gasteiger partial charge in [0.05, 0.1) is 16.8 Å². The molecule has 0 fully saturated rings. The highest BCUT2D eigenvalue weighted by atomic mass is 32.2. The fourth-order valence-electron chi connectivity index (χ4n) is 2.74. The summed E-state index contributed by atoms with van der Waals surface area (Å²) in [4.78, 5) is 0. The van der Waals surface area contributed by atoms with Gasteiger partial charge in [-0.3, -0.25) is 0 Å². The number of hydrogen-bond acceptors (Lipinski definition) is 5. The Labute approximate surface area is 153 Å². The fourth-order valence-corrected chi connectivity index (χ4v) is 3.72. The molecule has 0 aliphatic rings. The zero-order chi connectivity index (χ0) is 19.7. The van der Waals surface area contributed by atoms with Gasteiger partial charge in [-0.25, -0.2) is 0 Å². The van der Waals surface area contributed by atoms with Crippen molar-refractivity contribution in [3.05, 3.63) is 48.2 Å². The van der Waals surface area contributed by atoms with E-state index in [4.69, 9.17) is 8.71 Å². The molecule has 0 radical (unpaired) electrons. The maximum atomic E-state index is 12.2. The van der Waals surface area contributed by atoms with Gasteiger partial charge in [0.2, 0.25) is 0 Å². The summed E-state index contributed by atoms with van der Waals surface area (Å²) in [7, 11) is -4.13. The van der Waals surface area contributed by atoms with Gasteiger partial charge in [-0.1, -0.05) is 29.4 Å². The molecule has 3 aromatic rings. The Morgan fingerprint density at radius 3 is 2.63 bits per heavy atom. The van der Waals surface area contributed by atoms with Crippen molar-refractivity contribution in [1.82, 2.24) is 5.16 Å². The molecule has 0 saturated heterocycles. The smallest absolute Gasteiger partial charge is 0.382 e. The molecule has 5 nitrogen and oxygen atoms in total. The Hall–Kier alpha value is -2.55. The molecule has 1 aromatic heterocycles. The van der Waals surface area contributed by atoms with E-state index < -0.39 is 34.9 Å². The van der Waals surface area contributed by atoms with Gasteiger partial charge in [0, 0.05) is 6.42 Å². The minimum absolute atomic E-state index is 0.0330. The largest absolute Gasteiger partial charge is 0.389 e. The second-order valence-electron chi connectivity index (χ2n) is 6.04. The molecule has 0 aliphatic heterocycles. The van der Waals surface area contributed by atoms with Crippen LogP contribution < -0.4 is 4.18 Å². The summed E-state index contributed by atoms with van der Waals surface area (Å²) in [6.45, 7) is 1.79. The van der Waals surface area contributed by atoms with E-state index in [2.05, 4.69) is 5.16 Å². The summed E-state index contributed by atoms with van der Waals surface area (Å²) in [6.07, 6.45) is -6.13. The van der Waals surface area contributed by atoms with Gasteiger partial charge in [0.25, 0.3) is 0 Å². The molecule has 0 spiro atoms. The van der Waals surface area contributed by atoms with Gasteiger partial charge in [0.1, 0.15) is 5.75 Å². The van der Waals surface area contributed by atoms with Crippen LogP contribution in [0.4, 0.5) is 13.2 Å². The number of aryl methyl sites for hydroxylation is 1. The van der Waals surface area contributed by atoms with Crippen molar-refractivity contribution in [2.24, 2.45) is 0 Å². The molecule has 0 N–H and O–H groups in total. The Balaban J connectivity index is 1.82. The topological polar surface area (TPSA) is 69.4 Å². The van der Waals surface area contributed by atoms with Gasteiger partial charge in [-0.2, -0.15) is 21.6 Å². The quantitative estimate of drug-likeness (QED) is 0.554. The van der Waals surface area contributed by atoms with Crippen LogP contribution in [0.25, 0.3) is 22.1 Å². The van der Waals surface area contributed by atoms with Crippen molar-refractivity contribution >= 4 is 21.1 Å². The minimum Gasteiger partial charge on any atom is -0.382 e. The number of benzene rings is 2. The summed E-state index contributed by atoms with van der Waals surface area (Å²) < 4.78 is 70.6. The molecule has 0 saturated carbocycles. The van der Waals surface area contributed by atoms with Crippen LogP contribution in [0.15, 0.2) is 47.0 Å². The first kappa shape index (κ1) is 19.2. The van der Waals surface area contributed by atoms with Crippen LogP contribution in [-0.2, 0) is 10.1 Å². The van der Waals surface area contributed by atoms with Gasteiger partial charge >= 0.3 is 16.3 Å². The first-order valence-corrected chi connectivity index (χ1v) is 9.67. The number of aromatic nitrogens is 1. The van der Waals surface area contributed by atoms with E-state index in [1.165, 1.54) is 12.1 Å². The SMILES string of the molecule is Cc1noc2cccc(-c3cccc(OS(=O)(=O)CCCC(F)(F)F)c3)c12. The zero-order valence-electron chi connectivity index (χ0n) is 14.3. The van der Waals surface area contributed by atoms with Crippen LogP contribution >= 0.6 is 0 Å². The molecular weight excluding hydrogens is 383 g/mol. The second-order valence-corrected chi connectivity index (χ2v) is 7.73. The number of alkyl halides is 3. The Bertz CT molecular complexity index is 1060. The van der Waals surface area contributed by atoms with Crippen LogP contribution in [-0.4, -0.2) is 25.5 Å². The summed E-state index contributed by atoms with van der Waals surface area (Å²) in [5, 5.41) is 4.72. The summed E-state index contributed by atoms with van der Waals surface area (Å²) in [6, 6.07) is 11.7. The third-order valence-electron chi connectivity index (χ3n) is 3.89. The van der Waals surface area contributed by atoms with E-state index in [0.717, 1.165) is 10.9 Å². The summed E-state index contributed by atoms with van der Waals surface area (Å²) in [5.41, 5.74) is 2.74. The van der Waals surface area contributed by atoms with Crippen molar-refractivity contribution in [3.8, 4) is 16.9 Å². The Kier molecular flexibility index (Phi) is 5.14. The van der Waals surface area contributed by atoms with Gasteiger partial charge in [-0.05, 0) is 42.7 Å². The zero-order valence-corrected chi connectivity index (χ0v) is 15.1. The van der Waals surface area contributed by atoms with Gasteiger partial charge < -0.3 is 8.71 Å². The molecule has 27 heavy (non-hydrogen) atoms. The van der Waals surface area contributed by atoms with Crippen molar-refractivity contribution in [2.45, 2.75) is 25.9 Å². The fraction of sp³-hybridized carbons (Fsp3) is 0.278. The maximum absolute atomic E-state index is 12.2. The van der Waals surface area contributed by atoms with Crippen molar-refractivity contribution < 1.29 is 30.3 Å². The van der Waals surface area contributed by atoms with Crippen LogP contribution in [0.2, 0.25) is 0 Å². The molecular formula is C18H16F3NO4S. The Morgan fingerprint density at radius 2 is 1.89 bits per heavy atom. The minimum atomic E-state index is -4.40. The van der Waals surface area contributed by atoms with E-state index in [1.807, 2.05) is 6.07 Å². The molecule has 144 valence electrons. The van der Waals surface area contributed by atoms with Gasteiger partial charge in [-0.15, -0.1) is 0 Å². The van der Waals surface area contributed by atoms with Crippen molar-refractivity contribution in [2.75, 3.05) is 5.75 Å². The molecule has 0 aliphatic carbocycles. The van der Waals surface area contributed by atoms with Crippen LogP contribution in [0.5, 0.6) is 5.75 Å². The third kappa shape index (κ3) is 4.79. The highest BCUT2D eigenvalue weighted by Crippen LogP contribution is 2.33. The second kappa shape index (κ2) is 7.22. The van der Waals surface area contributed by atoms with E-state index in [9.17, 15) is 21.6 Å². The molecule has 0 bridgehead atoms. The monoisotopic (exact) mass is 399 g/mol. The molecule has 2 aromatic carbocycles. The first-order valence-electron chi connectivity index (χ1n) is 8.09. The number of hydrogen-bond donors (Lipinski definition) is 0. The van der Waals surface area contributed by atoms with Crippen molar-refractivity contribution in [1.29, 1.82) is 0 Å². The van der Waals surface area contributed by atoms with E-state index in [-0.39, 0.29) is 5.75 Å². The van der Waals surface area contributed by atoms with Crippen LogP contribution in [0.3, 0.4) is 0 Å². The van der Waals surface area contributed by atoms with Crippen LogP contribution in [0, 0.1) is 6.92 Å². The first-order chi connectivity index (χ1) is 12.6. The number of fused-ring (bicyclic) bond motifs is 1. The van der Waals surface area contributed by atoms with E-state index in [0.29, 0.717) is 16.8 Å². The third-order valence-corrected chi connectivity index (χ3v) is 5.13. The summed E-state index contributed by atoms with van der Waals surface area (Å²) >= 11 is 0. The number of halogens is 3. The predicted octanol–water partition coefficient (Wildman–Crippen LogP) is 4.85. The number of rotatable bonds is 6. The average molecular weight is 399 g/mol. The molecule has 0 unspecified atom stereocenters. The molecule has 0 atom stereocenters.